The molecule has 0 saturated heterocycles. The van der Waals surface area contributed by atoms with Gasteiger partial charge in [-0.05, 0) is 76.2 Å². The fourth-order valence-corrected chi connectivity index (χ4v) is 4.12. The molecule has 2 aromatic carbocycles. The first-order valence-corrected chi connectivity index (χ1v) is 12.5. The van der Waals surface area contributed by atoms with Crippen LogP contribution in [0.4, 0.5) is 0 Å². The molecule has 3 rings (SSSR count). The van der Waals surface area contributed by atoms with Crippen LogP contribution in [0.25, 0.3) is 0 Å². The van der Waals surface area contributed by atoms with Gasteiger partial charge in [-0.2, -0.15) is 0 Å². The fourth-order valence-electron chi connectivity index (χ4n) is 3.63. The van der Waals surface area contributed by atoms with E-state index in [1.165, 1.54) is 11.1 Å². The van der Waals surface area contributed by atoms with Gasteiger partial charge < -0.3 is 19.7 Å². The second-order valence-electron chi connectivity index (χ2n) is 8.57. The van der Waals surface area contributed by atoms with Gasteiger partial charge in [0.25, 0.3) is 0 Å². The first-order chi connectivity index (χ1) is 16.3. The number of allylic oxidation sites excluding steroid dienone is 6. The van der Waals surface area contributed by atoms with Gasteiger partial charge in [0, 0.05) is 5.41 Å². The van der Waals surface area contributed by atoms with Crippen molar-refractivity contribution in [2.75, 3.05) is 26.4 Å². The van der Waals surface area contributed by atoms with Crippen molar-refractivity contribution in [2.45, 2.75) is 46.0 Å². The molecule has 0 amide bonds. The Kier molecular flexibility index (Phi) is 11.6. The third-order valence-electron chi connectivity index (χ3n) is 5.63. The Morgan fingerprint density at radius 2 is 1.56 bits per heavy atom. The van der Waals surface area contributed by atoms with Crippen LogP contribution < -0.4 is 9.47 Å². The largest absolute Gasteiger partial charge is 0.491 e. The summed E-state index contributed by atoms with van der Waals surface area (Å²) in [6.07, 6.45) is 13.1. The lowest BCUT2D eigenvalue weighted by Crippen LogP contribution is -2.19. The Morgan fingerprint density at radius 3 is 2.09 bits per heavy atom. The Labute approximate surface area is 212 Å². The third-order valence-corrected chi connectivity index (χ3v) is 6.24. The standard InChI is InChI=1S/C20H25BrO4.C9H12/c1-14-12-15(4-6-18(14)24-10-8-22)20(2,3)16-5-7-19(17(21)13-16)25-11-9-23;1-2-6-9-7-4-3-5-8-9/h4-7,12-13,22-23H,8-11H2,1-3H3;3-7H,2,8H2,1H3/b;9-6-. The van der Waals surface area contributed by atoms with Gasteiger partial charge in [-0.25, -0.2) is 0 Å². The topological polar surface area (TPSA) is 58.9 Å². The molecule has 0 heterocycles. The van der Waals surface area contributed by atoms with Crippen molar-refractivity contribution >= 4 is 15.9 Å². The van der Waals surface area contributed by atoms with Gasteiger partial charge in [-0.3, -0.25) is 0 Å². The summed E-state index contributed by atoms with van der Waals surface area (Å²) in [7, 11) is 0. The quantitative estimate of drug-likeness (QED) is 0.381. The number of aryl methyl sites for hydroxylation is 1. The highest BCUT2D eigenvalue weighted by Gasteiger charge is 2.24. The molecular weight excluding hydrogens is 492 g/mol. The average Bonchev–Trinajstić information content (AvgIpc) is 2.83. The van der Waals surface area contributed by atoms with Crippen molar-refractivity contribution in [1.29, 1.82) is 0 Å². The predicted molar refractivity (Wildman–Crippen MR) is 144 cm³/mol. The molecule has 1 aliphatic carbocycles. The van der Waals surface area contributed by atoms with Gasteiger partial charge in [0.2, 0.25) is 0 Å². The zero-order valence-electron chi connectivity index (χ0n) is 20.7. The maximum atomic E-state index is 8.90. The van der Waals surface area contributed by atoms with Gasteiger partial charge in [-0.15, -0.1) is 0 Å². The van der Waals surface area contributed by atoms with E-state index in [9.17, 15) is 0 Å². The minimum absolute atomic E-state index is 0.00537. The Balaban J connectivity index is 0.000000379. The lowest BCUT2D eigenvalue weighted by atomic mass is 9.77. The minimum Gasteiger partial charge on any atom is -0.491 e. The molecule has 0 saturated carbocycles. The second-order valence-corrected chi connectivity index (χ2v) is 9.43. The lowest BCUT2D eigenvalue weighted by molar-refractivity contribution is 0.200. The molecule has 4 nitrogen and oxygen atoms in total. The van der Waals surface area contributed by atoms with Crippen molar-refractivity contribution in [2.24, 2.45) is 0 Å². The Morgan fingerprint density at radius 1 is 0.941 bits per heavy atom. The number of hydrogen-bond acceptors (Lipinski definition) is 4. The molecule has 0 radical (unpaired) electrons. The van der Waals surface area contributed by atoms with E-state index in [2.05, 4.69) is 85.3 Å². The van der Waals surface area contributed by atoms with Gasteiger partial charge in [0.15, 0.2) is 0 Å². The molecule has 0 unspecified atom stereocenters. The monoisotopic (exact) mass is 528 g/mol. The summed E-state index contributed by atoms with van der Waals surface area (Å²) < 4.78 is 11.9. The van der Waals surface area contributed by atoms with Crippen LogP contribution in [0.2, 0.25) is 0 Å². The van der Waals surface area contributed by atoms with E-state index in [-0.39, 0.29) is 25.2 Å². The molecule has 0 fully saturated rings. The normalized spacial score (nSPS) is 14.0. The summed E-state index contributed by atoms with van der Waals surface area (Å²) in [5.74, 6) is 1.51. The number of aliphatic hydroxyl groups excluding tert-OH is 2. The van der Waals surface area contributed by atoms with Crippen molar-refractivity contribution in [3.8, 4) is 11.5 Å². The van der Waals surface area contributed by atoms with Gasteiger partial charge >= 0.3 is 0 Å². The summed E-state index contributed by atoms with van der Waals surface area (Å²) >= 11 is 3.55. The maximum Gasteiger partial charge on any atom is 0.133 e. The molecule has 2 aromatic rings. The highest BCUT2D eigenvalue weighted by Crippen LogP contribution is 2.37. The first-order valence-electron chi connectivity index (χ1n) is 11.7. The molecule has 0 atom stereocenters. The zero-order valence-corrected chi connectivity index (χ0v) is 22.3. The number of hydrogen-bond donors (Lipinski definition) is 2. The van der Waals surface area contributed by atoms with Gasteiger partial charge in [0.05, 0.1) is 17.7 Å². The van der Waals surface area contributed by atoms with E-state index >= 15 is 0 Å². The van der Waals surface area contributed by atoms with E-state index in [0.717, 1.165) is 39.9 Å². The summed E-state index contributed by atoms with van der Waals surface area (Å²) in [6, 6.07) is 12.2. The summed E-state index contributed by atoms with van der Waals surface area (Å²) in [5.41, 5.74) is 4.62. The van der Waals surface area contributed by atoms with Crippen LogP contribution in [0.1, 0.15) is 50.3 Å². The van der Waals surface area contributed by atoms with Crippen LogP contribution in [0.5, 0.6) is 11.5 Å². The van der Waals surface area contributed by atoms with E-state index in [0.29, 0.717) is 6.61 Å². The molecule has 184 valence electrons. The van der Waals surface area contributed by atoms with Crippen molar-refractivity contribution in [3.63, 3.8) is 0 Å². The summed E-state index contributed by atoms with van der Waals surface area (Å²) in [6.45, 7) is 9.09. The van der Waals surface area contributed by atoms with Crippen LogP contribution in [0, 0.1) is 6.92 Å². The second kappa shape index (κ2) is 14.1. The van der Waals surface area contributed by atoms with E-state index < -0.39 is 0 Å². The van der Waals surface area contributed by atoms with Crippen molar-refractivity contribution in [3.05, 3.63) is 93.5 Å². The molecule has 1 aliphatic rings. The molecule has 0 spiro atoms. The fraction of sp³-hybridized carbons (Fsp3) is 0.379. The summed E-state index contributed by atoms with van der Waals surface area (Å²) in [4.78, 5) is 0. The number of benzene rings is 2. The highest BCUT2D eigenvalue weighted by molar-refractivity contribution is 9.10. The zero-order chi connectivity index (χ0) is 25.0. The van der Waals surface area contributed by atoms with Crippen LogP contribution in [0.15, 0.2) is 76.8 Å². The molecular formula is C29H37BrO4. The predicted octanol–water partition coefficient (Wildman–Crippen LogP) is 6.66. The maximum absolute atomic E-state index is 8.90. The number of halogens is 1. The smallest absolute Gasteiger partial charge is 0.133 e. The lowest BCUT2D eigenvalue weighted by Gasteiger charge is -2.27. The minimum atomic E-state index is -0.196. The molecule has 0 aromatic heterocycles. The van der Waals surface area contributed by atoms with Gasteiger partial charge in [0.1, 0.15) is 24.7 Å². The first kappa shape index (κ1) is 27.9. The van der Waals surface area contributed by atoms with E-state index in [1.54, 1.807) is 0 Å². The third kappa shape index (κ3) is 8.15. The number of rotatable bonds is 9. The Bertz CT molecular complexity index is 946. The summed E-state index contributed by atoms with van der Waals surface area (Å²) in [5, 5.41) is 17.8. The van der Waals surface area contributed by atoms with Crippen molar-refractivity contribution < 1.29 is 19.7 Å². The molecule has 2 N–H and O–H groups in total. The van der Waals surface area contributed by atoms with E-state index in [4.69, 9.17) is 19.7 Å². The van der Waals surface area contributed by atoms with Crippen LogP contribution in [0.3, 0.4) is 0 Å². The van der Waals surface area contributed by atoms with E-state index in [1.807, 2.05) is 25.1 Å². The number of ether oxygens (including phenoxy) is 2. The molecule has 0 aliphatic heterocycles. The average molecular weight is 530 g/mol. The SMILES string of the molecule is CC/C=C1/C=CC=CC1.Cc1cc(C(C)(C)c2ccc(OCCO)c(Br)c2)ccc1OCCO. The van der Waals surface area contributed by atoms with Crippen LogP contribution >= 0.6 is 15.9 Å². The van der Waals surface area contributed by atoms with Crippen molar-refractivity contribution in [1.82, 2.24) is 0 Å². The van der Waals surface area contributed by atoms with Crippen LogP contribution in [-0.4, -0.2) is 36.6 Å². The molecule has 34 heavy (non-hydrogen) atoms. The van der Waals surface area contributed by atoms with Crippen LogP contribution in [-0.2, 0) is 5.41 Å². The molecule has 0 bridgehead atoms. The number of aliphatic hydroxyl groups is 2. The Hall–Kier alpha value is -2.34. The van der Waals surface area contributed by atoms with Gasteiger partial charge in [-0.1, -0.05) is 69.4 Å². The molecule has 5 heteroatoms. The highest BCUT2D eigenvalue weighted by atomic mass is 79.9.